The molecule has 6 nitrogen and oxygen atoms in total. The SMILES string of the molecule is COc1cc2c(cc1OCCCN(C)C)[nH]c1ccnc(C#CC(C)(C)O)c12. The number of nitrogens with zero attached hydrogens (tertiary/aromatic N) is 2. The van der Waals surface area contributed by atoms with Crippen molar-refractivity contribution in [1.82, 2.24) is 14.9 Å². The van der Waals surface area contributed by atoms with Crippen molar-refractivity contribution in [3.8, 4) is 23.3 Å². The van der Waals surface area contributed by atoms with Crippen LogP contribution in [0.5, 0.6) is 11.5 Å². The highest BCUT2D eigenvalue weighted by atomic mass is 16.5. The smallest absolute Gasteiger partial charge is 0.163 e. The Labute approximate surface area is 165 Å². The molecule has 3 rings (SSSR count). The lowest BCUT2D eigenvalue weighted by molar-refractivity contribution is 0.143. The second-order valence-electron chi connectivity index (χ2n) is 7.57. The summed E-state index contributed by atoms with van der Waals surface area (Å²) in [6, 6.07) is 5.82. The number of aromatic nitrogens is 2. The van der Waals surface area contributed by atoms with Gasteiger partial charge in [-0.1, -0.05) is 5.92 Å². The molecule has 148 valence electrons. The largest absolute Gasteiger partial charge is 0.493 e. The van der Waals surface area contributed by atoms with E-state index in [1.54, 1.807) is 27.2 Å². The van der Waals surface area contributed by atoms with Crippen molar-refractivity contribution in [1.29, 1.82) is 0 Å². The number of aliphatic hydroxyl groups is 1. The first-order valence-corrected chi connectivity index (χ1v) is 9.30. The normalized spacial score (nSPS) is 11.7. The molecule has 28 heavy (non-hydrogen) atoms. The van der Waals surface area contributed by atoms with E-state index >= 15 is 0 Å². The van der Waals surface area contributed by atoms with E-state index < -0.39 is 5.60 Å². The third kappa shape index (κ3) is 4.56. The van der Waals surface area contributed by atoms with Crippen molar-refractivity contribution in [3.05, 3.63) is 30.1 Å². The van der Waals surface area contributed by atoms with Crippen LogP contribution in [-0.4, -0.2) is 59.9 Å². The molecule has 6 heteroatoms. The molecule has 0 atom stereocenters. The van der Waals surface area contributed by atoms with Crippen LogP contribution in [0.15, 0.2) is 24.4 Å². The number of H-pyrrole nitrogens is 1. The minimum atomic E-state index is -1.08. The summed E-state index contributed by atoms with van der Waals surface area (Å²) in [7, 11) is 5.73. The van der Waals surface area contributed by atoms with E-state index in [0.717, 1.165) is 34.8 Å². The molecule has 0 amide bonds. The Kier molecular flexibility index (Phi) is 5.78. The molecular weight excluding hydrogens is 354 g/mol. The topological polar surface area (TPSA) is 70.6 Å². The number of methoxy groups -OCH3 is 1. The van der Waals surface area contributed by atoms with Gasteiger partial charge in [0.2, 0.25) is 0 Å². The summed E-state index contributed by atoms with van der Waals surface area (Å²) in [5.41, 5.74) is 1.39. The van der Waals surface area contributed by atoms with Gasteiger partial charge in [-0.25, -0.2) is 4.98 Å². The minimum Gasteiger partial charge on any atom is -0.493 e. The number of hydrogen-bond acceptors (Lipinski definition) is 5. The van der Waals surface area contributed by atoms with Gasteiger partial charge in [0.25, 0.3) is 0 Å². The zero-order chi connectivity index (χ0) is 20.3. The molecule has 0 saturated heterocycles. The van der Waals surface area contributed by atoms with Gasteiger partial charge in [-0.05, 0) is 52.4 Å². The first-order chi connectivity index (χ1) is 13.3. The van der Waals surface area contributed by atoms with Gasteiger partial charge in [-0.2, -0.15) is 0 Å². The van der Waals surface area contributed by atoms with Crippen LogP contribution in [0.25, 0.3) is 21.8 Å². The number of nitrogens with one attached hydrogen (secondary N) is 1. The van der Waals surface area contributed by atoms with Crippen molar-refractivity contribution in [2.45, 2.75) is 25.9 Å². The van der Waals surface area contributed by atoms with Crippen LogP contribution in [-0.2, 0) is 0 Å². The molecule has 0 aliphatic rings. The molecule has 0 aliphatic heterocycles. The van der Waals surface area contributed by atoms with Crippen molar-refractivity contribution in [2.24, 2.45) is 0 Å². The molecule has 2 aromatic heterocycles. The molecule has 0 radical (unpaired) electrons. The average Bonchev–Trinajstić information content (AvgIpc) is 2.99. The molecule has 0 bridgehead atoms. The van der Waals surface area contributed by atoms with E-state index in [1.165, 1.54) is 0 Å². The molecule has 0 aliphatic carbocycles. The van der Waals surface area contributed by atoms with Crippen LogP contribution in [0.4, 0.5) is 0 Å². The number of hydrogen-bond donors (Lipinski definition) is 2. The Hall–Kier alpha value is -2.75. The maximum atomic E-state index is 9.92. The zero-order valence-electron chi connectivity index (χ0n) is 17.1. The lowest BCUT2D eigenvalue weighted by atomic mass is 10.1. The van der Waals surface area contributed by atoms with Crippen LogP contribution in [0.2, 0.25) is 0 Å². The number of benzene rings is 1. The first-order valence-electron chi connectivity index (χ1n) is 9.30. The summed E-state index contributed by atoms with van der Waals surface area (Å²) in [6.45, 7) is 4.88. The van der Waals surface area contributed by atoms with Crippen molar-refractivity contribution in [3.63, 3.8) is 0 Å². The second-order valence-corrected chi connectivity index (χ2v) is 7.57. The number of rotatable bonds is 6. The maximum Gasteiger partial charge on any atom is 0.163 e. The molecule has 0 unspecified atom stereocenters. The standard InChI is InChI=1S/C22H27N3O3/c1-22(2,26)9-7-16-21-15-13-19(27-5)20(28-12-6-11-25(3)4)14-18(15)24-17(21)8-10-23-16/h8,10,13-14,24,26H,6,11-12H2,1-5H3. The van der Waals surface area contributed by atoms with E-state index in [9.17, 15) is 5.11 Å². The summed E-state index contributed by atoms with van der Waals surface area (Å²) in [6.07, 6.45) is 2.64. The Bertz CT molecular complexity index is 1040. The Morgan fingerprint density at radius 1 is 1.21 bits per heavy atom. The summed E-state index contributed by atoms with van der Waals surface area (Å²) in [5.74, 6) is 7.22. The van der Waals surface area contributed by atoms with Crippen LogP contribution in [0.3, 0.4) is 0 Å². The fourth-order valence-corrected chi connectivity index (χ4v) is 3.00. The Morgan fingerprint density at radius 3 is 2.68 bits per heavy atom. The van der Waals surface area contributed by atoms with Crippen molar-refractivity contribution >= 4 is 21.8 Å². The van der Waals surface area contributed by atoms with Gasteiger partial charge in [0.05, 0.1) is 24.8 Å². The molecule has 2 N–H and O–H groups in total. The molecule has 0 spiro atoms. The quantitative estimate of drug-likeness (QED) is 0.507. The molecule has 3 aromatic rings. The number of aromatic amines is 1. The highest BCUT2D eigenvalue weighted by Crippen LogP contribution is 2.36. The molecule has 1 aromatic carbocycles. The fraction of sp³-hybridized carbons (Fsp3) is 0.409. The van der Waals surface area contributed by atoms with Crippen LogP contribution >= 0.6 is 0 Å². The van der Waals surface area contributed by atoms with E-state index in [2.05, 4.69) is 26.7 Å². The van der Waals surface area contributed by atoms with Gasteiger partial charge in [-0.3, -0.25) is 0 Å². The number of pyridine rings is 1. The van der Waals surface area contributed by atoms with Gasteiger partial charge in [0, 0.05) is 29.6 Å². The van der Waals surface area contributed by atoms with Crippen molar-refractivity contribution in [2.75, 3.05) is 34.4 Å². The monoisotopic (exact) mass is 381 g/mol. The van der Waals surface area contributed by atoms with Crippen LogP contribution < -0.4 is 9.47 Å². The number of fused-ring (bicyclic) bond motifs is 3. The van der Waals surface area contributed by atoms with Gasteiger partial charge < -0.3 is 24.5 Å². The Morgan fingerprint density at radius 2 is 2.00 bits per heavy atom. The summed E-state index contributed by atoms with van der Waals surface area (Å²) in [4.78, 5) is 9.94. The minimum absolute atomic E-state index is 0.615. The van der Waals surface area contributed by atoms with Gasteiger partial charge >= 0.3 is 0 Å². The fourth-order valence-electron chi connectivity index (χ4n) is 3.00. The van der Waals surface area contributed by atoms with Crippen molar-refractivity contribution < 1.29 is 14.6 Å². The maximum absolute atomic E-state index is 9.92. The zero-order valence-corrected chi connectivity index (χ0v) is 17.1. The predicted octanol–water partition coefficient (Wildman–Crippen LogP) is 3.18. The lowest BCUT2D eigenvalue weighted by Crippen LogP contribution is -2.15. The van der Waals surface area contributed by atoms with Gasteiger partial charge in [0.1, 0.15) is 11.3 Å². The summed E-state index contributed by atoms with van der Waals surface area (Å²) in [5, 5.41) is 11.8. The number of ether oxygens (including phenoxy) is 2. The van der Waals surface area contributed by atoms with Crippen LogP contribution in [0, 0.1) is 11.8 Å². The molecular formula is C22H27N3O3. The summed E-state index contributed by atoms with van der Waals surface area (Å²) < 4.78 is 11.5. The molecule has 2 heterocycles. The average molecular weight is 381 g/mol. The van der Waals surface area contributed by atoms with Gasteiger partial charge in [-0.15, -0.1) is 0 Å². The first kappa shape index (κ1) is 20.0. The van der Waals surface area contributed by atoms with E-state index in [4.69, 9.17) is 9.47 Å². The Balaban J connectivity index is 2.03. The highest BCUT2D eigenvalue weighted by Gasteiger charge is 2.15. The third-order valence-corrected chi connectivity index (χ3v) is 4.29. The lowest BCUT2D eigenvalue weighted by Gasteiger charge is -2.13. The van der Waals surface area contributed by atoms with E-state index in [-0.39, 0.29) is 0 Å². The molecule has 0 fully saturated rings. The van der Waals surface area contributed by atoms with E-state index in [0.29, 0.717) is 23.8 Å². The molecule has 0 saturated carbocycles. The summed E-state index contributed by atoms with van der Waals surface area (Å²) >= 11 is 0. The van der Waals surface area contributed by atoms with E-state index in [1.807, 2.05) is 32.3 Å². The second kappa shape index (κ2) is 8.09. The van der Waals surface area contributed by atoms with Crippen LogP contribution in [0.1, 0.15) is 26.0 Å². The predicted molar refractivity (Wildman–Crippen MR) is 112 cm³/mol. The third-order valence-electron chi connectivity index (χ3n) is 4.29. The van der Waals surface area contributed by atoms with Gasteiger partial charge in [0.15, 0.2) is 11.5 Å². The highest BCUT2D eigenvalue weighted by molar-refractivity contribution is 6.10.